The van der Waals surface area contributed by atoms with Gasteiger partial charge in [0.05, 0.1) is 16.5 Å². The molecule has 34 heavy (non-hydrogen) atoms. The second kappa shape index (κ2) is 9.82. The van der Waals surface area contributed by atoms with Crippen molar-refractivity contribution >= 4 is 32.6 Å². The zero-order valence-electron chi connectivity index (χ0n) is 18.9. The lowest BCUT2D eigenvalue weighted by Gasteiger charge is -2.18. The number of benzene rings is 3. The van der Waals surface area contributed by atoms with E-state index in [4.69, 9.17) is 10.5 Å². The molecule has 9 heteroatoms. The summed E-state index contributed by atoms with van der Waals surface area (Å²) < 4.78 is 32.6. The van der Waals surface area contributed by atoms with Crippen molar-refractivity contribution in [3.05, 3.63) is 71.8 Å². The van der Waals surface area contributed by atoms with E-state index >= 15 is 0 Å². The van der Waals surface area contributed by atoms with Crippen LogP contribution in [0.2, 0.25) is 0 Å². The summed E-state index contributed by atoms with van der Waals surface area (Å²) >= 11 is 0. The minimum absolute atomic E-state index is 0.0235. The van der Waals surface area contributed by atoms with E-state index in [0.717, 1.165) is 29.2 Å². The molecule has 0 radical (unpaired) electrons. The smallest absolute Gasteiger partial charge is 0.258 e. The summed E-state index contributed by atoms with van der Waals surface area (Å²) in [5.74, 6) is -1.16. The molecule has 0 aliphatic carbocycles. The summed E-state index contributed by atoms with van der Waals surface area (Å²) in [6, 6.07) is 17.5. The van der Waals surface area contributed by atoms with Gasteiger partial charge in [0.1, 0.15) is 5.75 Å². The number of carbonyl (C=O) groups excluding carboxylic acids is 2. The second-order valence-corrected chi connectivity index (χ2v) is 10.2. The molecule has 3 aromatic rings. The molecule has 0 bridgehead atoms. The number of hydrogen-bond donors (Lipinski definition) is 2. The SMILES string of the molecule is C[C@H](NC(=O)COc1ccc(S(=O)(=O)N2CCCC2)cc1C(N)=O)c1cccc2ccccc12. The lowest BCUT2D eigenvalue weighted by Crippen LogP contribution is -2.31. The largest absolute Gasteiger partial charge is 0.483 e. The maximum atomic E-state index is 12.8. The third-order valence-corrected chi connectivity index (χ3v) is 7.84. The van der Waals surface area contributed by atoms with Crippen molar-refractivity contribution in [1.29, 1.82) is 0 Å². The Kier molecular flexibility index (Phi) is 6.85. The van der Waals surface area contributed by atoms with Gasteiger partial charge in [-0.1, -0.05) is 42.5 Å². The first-order valence-corrected chi connectivity index (χ1v) is 12.5. The molecule has 178 valence electrons. The van der Waals surface area contributed by atoms with Gasteiger partial charge in [-0.15, -0.1) is 0 Å². The van der Waals surface area contributed by atoms with Gasteiger partial charge >= 0.3 is 0 Å². The van der Waals surface area contributed by atoms with E-state index in [1.54, 1.807) is 0 Å². The molecule has 0 saturated carbocycles. The molecule has 1 fully saturated rings. The van der Waals surface area contributed by atoms with Crippen molar-refractivity contribution in [2.45, 2.75) is 30.7 Å². The number of fused-ring (bicyclic) bond motifs is 1. The van der Waals surface area contributed by atoms with E-state index in [2.05, 4.69) is 5.32 Å². The van der Waals surface area contributed by atoms with Crippen LogP contribution in [0.3, 0.4) is 0 Å². The van der Waals surface area contributed by atoms with Crippen molar-refractivity contribution in [2.24, 2.45) is 5.73 Å². The van der Waals surface area contributed by atoms with Crippen LogP contribution < -0.4 is 15.8 Å². The number of nitrogens with zero attached hydrogens (tertiary/aromatic N) is 1. The molecule has 3 aromatic carbocycles. The average Bonchev–Trinajstić information content (AvgIpc) is 3.38. The Morgan fingerprint density at radius 3 is 2.50 bits per heavy atom. The number of carbonyl (C=O) groups is 2. The molecule has 2 amide bonds. The van der Waals surface area contributed by atoms with Gasteiger partial charge in [0, 0.05) is 13.1 Å². The van der Waals surface area contributed by atoms with E-state index in [1.165, 1.54) is 22.5 Å². The van der Waals surface area contributed by atoms with Gasteiger partial charge in [0.15, 0.2) is 6.61 Å². The predicted octanol–water partition coefficient (Wildman–Crippen LogP) is 2.98. The van der Waals surface area contributed by atoms with Crippen LogP contribution in [0.5, 0.6) is 5.75 Å². The topological polar surface area (TPSA) is 119 Å². The molecular weight excluding hydrogens is 454 g/mol. The molecule has 1 atom stereocenters. The van der Waals surface area contributed by atoms with Gasteiger partial charge in [0.2, 0.25) is 10.0 Å². The summed E-state index contributed by atoms with van der Waals surface area (Å²) in [6.45, 7) is 2.42. The molecular formula is C25H27N3O5S. The Morgan fingerprint density at radius 1 is 1.06 bits per heavy atom. The minimum Gasteiger partial charge on any atom is -0.483 e. The molecule has 0 aromatic heterocycles. The number of nitrogens with two attached hydrogens (primary N) is 1. The fourth-order valence-corrected chi connectivity index (χ4v) is 5.74. The van der Waals surface area contributed by atoms with Crippen LogP contribution in [0, 0.1) is 0 Å². The van der Waals surface area contributed by atoms with E-state index in [0.29, 0.717) is 13.1 Å². The Bertz CT molecular complexity index is 1330. The number of sulfonamides is 1. The molecule has 3 N–H and O–H groups in total. The van der Waals surface area contributed by atoms with Crippen molar-refractivity contribution in [1.82, 2.24) is 9.62 Å². The molecule has 0 unspecified atom stereocenters. The highest BCUT2D eigenvalue weighted by atomic mass is 32.2. The first kappa shape index (κ1) is 23.7. The molecule has 1 saturated heterocycles. The lowest BCUT2D eigenvalue weighted by atomic mass is 10.00. The van der Waals surface area contributed by atoms with Crippen molar-refractivity contribution in [3.63, 3.8) is 0 Å². The molecule has 8 nitrogen and oxygen atoms in total. The van der Waals surface area contributed by atoms with Crippen molar-refractivity contribution in [2.75, 3.05) is 19.7 Å². The van der Waals surface area contributed by atoms with E-state index in [9.17, 15) is 18.0 Å². The van der Waals surface area contributed by atoms with Crippen molar-refractivity contribution < 1.29 is 22.7 Å². The van der Waals surface area contributed by atoms with E-state index < -0.39 is 15.9 Å². The Hall–Kier alpha value is -3.43. The zero-order valence-corrected chi connectivity index (χ0v) is 19.7. The summed E-state index contributed by atoms with van der Waals surface area (Å²) in [5, 5.41) is 5.02. The Morgan fingerprint density at radius 2 is 1.76 bits per heavy atom. The van der Waals surface area contributed by atoms with Crippen LogP contribution in [0.25, 0.3) is 10.8 Å². The summed E-state index contributed by atoms with van der Waals surface area (Å²) in [7, 11) is -3.72. The van der Waals surface area contributed by atoms with Crippen LogP contribution in [0.4, 0.5) is 0 Å². The normalized spacial score (nSPS) is 15.2. The van der Waals surface area contributed by atoms with Crippen LogP contribution in [0.1, 0.15) is 41.7 Å². The highest BCUT2D eigenvalue weighted by Gasteiger charge is 2.28. The Balaban J connectivity index is 1.46. The minimum atomic E-state index is -3.72. The number of amides is 2. The lowest BCUT2D eigenvalue weighted by molar-refractivity contribution is -0.123. The summed E-state index contributed by atoms with van der Waals surface area (Å²) in [4.78, 5) is 24.5. The fraction of sp³-hybridized carbons (Fsp3) is 0.280. The molecule has 1 aliphatic heterocycles. The fourth-order valence-electron chi connectivity index (χ4n) is 4.20. The van der Waals surface area contributed by atoms with Crippen LogP contribution >= 0.6 is 0 Å². The van der Waals surface area contributed by atoms with Gasteiger partial charge in [-0.3, -0.25) is 9.59 Å². The first-order valence-electron chi connectivity index (χ1n) is 11.1. The molecule has 4 rings (SSSR count). The monoisotopic (exact) mass is 481 g/mol. The number of nitrogens with one attached hydrogen (secondary N) is 1. The van der Waals surface area contributed by atoms with Crippen LogP contribution in [0.15, 0.2) is 65.6 Å². The highest BCUT2D eigenvalue weighted by Crippen LogP contribution is 2.27. The highest BCUT2D eigenvalue weighted by molar-refractivity contribution is 7.89. The number of hydrogen-bond acceptors (Lipinski definition) is 5. The molecule has 1 heterocycles. The number of rotatable bonds is 8. The number of primary amides is 1. The maximum Gasteiger partial charge on any atom is 0.258 e. The molecule has 1 aliphatic rings. The van der Waals surface area contributed by atoms with E-state index in [-0.39, 0.29) is 34.8 Å². The zero-order chi connectivity index (χ0) is 24.3. The van der Waals surface area contributed by atoms with E-state index in [1.807, 2.05) is 49.4 Å². The third kappa shape index (κ3) is 4.90. The van der Waals surface area contributed by atoms with Crippen LogP contribution in [-0.4, -0.2) is 44.2 Å². The average molecular weight is 482 g/mol. The van der Waals surface area contributed by atoms with Gasteiger partial charge in [-0.05, 0) is 54.3 Å². The standard InChI is InChI=1S/C25H27N3O5S/c1-17(20-10-6-8-18-7-2-3-9-21(18)20)27-24(29)16-33-23-12-11-19(15-22(23)25(26)30)34(31,32)28-13-4-5-14-28/h2-3,6-12,15,17H,4-5,13-14,16H2,1H3,(H2,26,30)(H,27,29)/t17-/m0/s1. The van der Waals surface area contributed by atoms with Gasteiger partial charge in [0.25, 0.3) is 11.8 Å². The van der Waals surface area contributed by atoms with Crippen LogP contribution in [-0.2, 0) is 14.8 Å². The van der Waals surface area contributed by atoms with Gasteiger partial charge in [-0.2, -0.15) is 4.31 Å². The predicted molar refractivity (Wildman–Crippen MR) is 129 cm³/mol. The second-order valence-electron chi connectivity index (χ2n) is 8.28. The van der Waals surface area contributed by atoms with Gasteiger partial charge in [-0.25, -0.2) is 8.42 Å². The quantitative estimate of drug-likeness (QED) is 0.513. The Labute approximate surface area is 198 Å². The van der Waals surface area contributed by atoms with Gasteiger partial charge < -0.3 is 15.8 Å². The third-order valence-electron chi connectivity index (χ3n) is 5.95. The maximum absolute atomic E-state index is 12.8. The number of ether oxygens (including phenoxy) is 1. The van der Waals surface area contributed by atoms with Crippen molar-refractivity contribution in [3.8, 4) is 5.75 Å². The summed E-state index contributed by atoms with van der Waals surface area (Å²) in [5.41, 5.74) is 6.35. The summed E-state index contributed by atoms with van der Waals surface area (Å²) in [6.07, 6.45) is 1.60. The molecule has 0 spiro atoms. The first-order chi connectivity index (χ1) is 16.3.